The second-order valence-corrected chi connectivity index (χ2v) is 9.45. The molecule has 1 aromatic carbocycles. The highest BCUT2D eigenvalue weighted by Gasteiger charge is 2.38. The number of rotatable bonds is 7. The summed E-state index contributed by atoms with van der Waals surface area (Å²) in [7, 11) is 1.41. The van der Waals surface area contributed by atoms with Gasteiger partial charge in [0.15, 0.2) is 17.2 Å². The van der Waals surface area contributed by atoms with E-state index in [-0.39, 0.29) is 41.4 Å². The molecule has 2 fully saturated rings. The number of carboxylic acid groups (broad SMARTS) is 1. The van der Waals surface area contributed by atoms with Crippen LogP contribution in [-0.4, -0.2) is 74.6 Å². The van der Waals surface area contributed by atoms with E-state index < -0.39 is 24.7 Å². The van der Waals surface area contributed by atoms with Crippen LogP contribution in [0.1, 0.15) is 24.1 Å². The van der Waals surface area contributed by atoms with Gasteiger partial charge in [-0.05, 0) is 25.0 Å². The number of likely N-dealkylation sites (N-methyl/N-ethyl adjacent to an activating group) is 1. The van der Waals surface area contributed by atoms with Crippen molar-refractivity contribution in [2.45, 2.75) is 24.9 Å². The van der Waals surface area contributed by atoms with Crippen LogP contribution >= 0.6 is 11.6 Å². The van der Waals surface area contributed by atoms with Crippen LogP contribution in [0.3, 0.4) is 0 Å². The first-order chi connectivity index (χ1) is 17.8. The molecular weight excluding hydrogens is 503 g/mol. The Labute approximate surface area is 215 Å². The summed E-state index contributed by atoms with van der Waals surface area (Å²) in [5.41, 5.74) is 1.71. The molecule has 1 aliphatic heterocycles. The van der Waals surface area contributed by atoms with Crippen LogP contribution in [0.2, 0.25) is 5.02 Å². The van der Waals surface area contributed by atoms with Crippen molar-refractivity contribution < 1.29 is 14.3 Å². The summed E-state index contributed by atoms with van der Waals surface area (Å²) >= 11 is 6.76. The molecule has 1 saturated carbocycles. The number of carbonyl (C=O) groups is 1. The Morgan fingerprint density at radius 2 is 2.11 bits per heavy atom. The van der Waals surface area contributed by atoms with E-state index in [0.29, 0.717) is 22.8 Å². The lowest BCUT2D eigenvalue weighted by atomic mass is 10.1. The van der Waals surface area contributed by atoms with Gasteiger partial charge in [-0.2, -0.15) is 20.0 Å². The number of hydrogen-bond acceptors (Lipinski definition) is 9. The number of aromatic nitrogens is 4. The summed E-state index contributed by atoms with van der Waals surface area (Å²) in [6.45, 7) is -0.259. The molecule has 3 heterocycles. The van der Waals surface area contributed by atoms with Crippen molar-refractivity contribution >= 4 is 46.5 Å². The normalized spacial score (nSPS) is 18.9. The number of anilines is 4. The zero-order chi connectivity index (χ0) is 26.3. The number of fused-ring (bicyclic) bond motifs is 1. The van der Waals surface area contributed by atoms with Gasteiger partial charge in [0, 0.05) is 32.1 Å². The van der Waals surface area contributed by atoms with E-state index in [1.54, 1.807) is 11.0 Å². The van der Waals surface area contributed by atoms with E-state index in [9.17, 15) is 24.8 Å². The molecule has 1 saturated heterocycles. The number of halogens is 2. The molecule has 3 N–H and O–H groups in total. The van der Waals surface area contributed by atoms with Gasteiger partial charge >= 0.3 is 6.09 Å². The van der Waals surface area contributed by atoms with Crippen molar-refractivity contribution in [2.75, 3.05) is 42.3 Å². The molecule has 2 atom stereocenters. The van der Waals surface area contributed by atoms with Gasteiger partial charge in [-0.3, -0.25) is 4.39 Å². The number of nitriles is 2. The predicted octanol–water partition coefficient (Wildman–Crippen LogP) is 3.22. The highest BCUT2D eigenvalue weighted by Crippen LogP contribution is 2.39. The predicted molar refractivity (Wildman–Crippen MR) is 133 cm³/mol. The number of nitrogens with one attached hydrogen (secondary N) is 2. The van der Waals surface area contributed by atoms with E-state index in [1.165, 1.54) is 23.8 Å². The van der Waals surface area contributed by atoms with Gasteiger partial charge in [-0.25, -0.2) is 9.78 Å². The van der Waals surface area contributed by atoms with Crippen LogP contribution in [0.5, 0.6) is 0 Å². The average Bonchev–Trinajstić information content (AvgIpc) is 3.44. The molecule has 0 radical (unpaired) electrons. The third-order valence-electron chi connectivity index (χ3n) is 6.57. The van der Waals surface area contributed by atoms with Crippen LogP contribution < -0.4 is 15.5 Å². The van der Waals surface area contributed by atoms with Crippen molar-refractivity contribution in [2.24, 2.45) is 5.92 Å². The Bertz CT molecular complexity index is 1460. The Balaban J connectivity index is 1.51. The molecule has 2 aromatic heterocycles. The third kappa shape index (κ3) is 4.61. The fourth-order valence-corrected chi connectivity index (χ4v) is 4.70. The van der Waals surface area contributed by atoms with Crippen LogP contribution in [0.25, 0.3) is 5.65 Å². The molecular formula is C23H22ClFN10O2. The number of amides is 1. The second-order valence-electron chi connectivity index (χ2n) is 9.07. The summed E-state index contributed by atoms with van der Waals surface area (Å²) in [4.78, 5) is 23.1. The lowest BCUT2D eigenvalue weighted by molar-refractivity contribution is 0.127. The zero-order valence-corrected chi connectivity index (χ0v) is 20.4. The highest BCUT2D eigenvalue weighted by molar-refractivity contribution is 6.36. The Morgan fingerprint density at radius 1 is 1.32 bits per heavy atom. The van der Waals surface area contributed by atoms with Crippen molar-refractivity contribution in [3.8, 4) is 12.1 Å². The quantitative estimate of drug-likeness (QED) is 0.419. The van der Waals surface area contributed by atoms with Crippen LogP contribution in [-0.2, 0) is 0 Å². The Kier molecular flexibility index (Phi) is 6.31. The number of benzene rings is 1. The smallest absolute Gasteiger partial charge is 0.407 e. The number of nitrogens with zero attached hydrogens (tertiary/aromatic N) is 8. The molecule has 37 heavy (non-hydrogen) atoms. The van der Waals surface area contributed by atoms with Gasteiger partial charge in [-0.15, -0.1) is 5.10 Å². The molecule has 1 aliphatic carbocycles. The van der Waals surface area contributed by atoms with E-state index in [1.807, 2.05) is 6.07 Å². The first kappa shape index (κ1) is 24.3. The minimum atomic E-state index is -1.15. The van der Waals surface area contributed by atoms with E-state index in [0.717, 1.165) is 17.7 Å². The van der Waals surface area contributed by atoms with Crippen molar-refractivity contribution in [3.63, 3.8) is 0 Å². The number of hydrogen-bond donors (Lipinski definition) is 3. The standard InChI is InChI=1S/C23H22ClFN10O2/c1-33(23(36)37)18-11-34(10-13(18)6-25)17-5-12(7-26)4-16(19(17)24)30-22-31-20(29-14-2-3-14)21-28-9-15(8-27)35(21)32-22/h4-5,9,13-14,18H,2-3,6,10-11H2,1H3,(H,36,37)(H2,29,30,31,32)/t13-,18+/m1/s1. The van der Waals surface area contributed by atoms with Gasteiger partial charge in [0.2, 0.25) is 5.95 Å². The van der Waals surface area contributed by atoms with Crippen molar-refractivity contribution in [1.82, 2.24) is 24.5 Å². The topological polar surface area (TPSA) is 158 Å². The summed E-state index contributed by atoms with van der Waals surface area (Å²) in [6.07, 6.45) is 2.26. The second kappa shape index (κ2) is 9.59. The maximum absolute atomic E-state index is 13.8. The van der Waals surface area contributed by atoms with Gasteiger partial charge in [-0.1, -0.05) is 11.6 Å². The largest absolute Gasteiger partial charge is 0.465 e. The van der Waals surface area contributed by atoms with Crippen molar-refractivity contribution in [3.05, 3.63) is 34.6 Å². The molecule has 3 aromatic rings. The molecule has 2 aliphatic rings. The molecule has 12 nitrogen and oxygen atoms in total. The van der Waals surface area contributed by atoms with Gasteiger partial charge in [0.25, 0.3) is 0 Å². The minimum absolute atomic E-state index is 0.125. The summed E-state index contributed by atoms with van der Waals surface area (Å²) in [5, 5.41) is 39.5. The van der Waals surface area contributed by atoms with E-state index in [2.05, 4.69) is 31.8 Å². The Morgan fingerprint density at radius 3 is 2.76 bits per heavy atom. The Hall–Kier alpha value is -4.36. The summed E-state index contributed by atoms with van der Waals surface area (Å²) < 4.78 is 15.1. The summed E-state index contributed by atoms with van der Waals surface area (Å²) in [6, 6.07) is 6.95. The maximum Gasteiger partial charge on any atom is 0.407 e. The van der Waals surface area contributed by atoms with E-state index >= 15 is 0 Å². The van der Waals surface area contributed by atoms with Gasteiger partial charge < -0.3 is 25.5 Å². The number of imidazole rings is 1. The highest BCUT2D eigenvalue weighted by atomic mass is 35.5. The minimum Gasteiger partial charge on any atom is -0.465 e. The van der Waals surface area contributed by atoms with E-state index in [4.69, 9.17) is 11.6 Å². The number of alkyl halides is 1. The molecule has 5 rings (SSSR count). The van der Waals surface area contributed by atoms with Gasteiger partial charge in [0.1, 0.15) is 6.07 Å². The molecule has 0 bridgehead atoms. The van der Waals surface area contributed by atoms with Gasteiger partial charge in [0.05, 0.1) is 46.9 Å². The molecule has 190 valence electrons. The van der Waals surface area contributed by atoms with Crippen LogP contribution in [0.4, 0.5) is 32.3 Å². The average molecular weight is 525 g/mol. The SMILES string of the molecule is CN(C(=O)O)[C@H]1CN(c2cc(C#N)cc(Nc3nc(NC4CC4)c4ncc(C#N)n4n3)c2Cl)C[C@H]1CF. The zero-order valence-electron chi connectivity index (χ0n) is 19.7. The third-order valence-corrected chi connectivity index (χ3v) is 6.97. The maximum atomic E-state index is 13.8. The fraction of sp³-hybridized carbons (Fsp3) is 0.391. The lowest BCUT2D eigenvalue weighted by Gasteiger charge is -2.25. The monoisotopic (exact) mass is 524 g/mol. The first-order valence-corrected chi connectivity index (χ1v) is 11.9. The summed E-state index contributed by atoms with van der Waals surface area (Å²) in [5.74, 6) is 0.0329. The first-order valence-electron chi connectivity index (χ1n) is 11.5. The molecule has 1 amide bonds. The molecule has 0 unspecified atom stereocenters. The lowest BCUT2D eigenvalue weighted by Crippen LogP contribution is -2.42. The van der Waals surface area contributed by atoms with Crippen molar-refractivity contribution in [1.29, 1.82) is 10.5 Å². The molecule has 14 heteroatoms. The fourth-order valence-electron chi connectivity index (χ4n) is 4.43. The van der Waals surface area contributed by atoms with Crippen LogP contribution in [0.15, 0.2) is 18.3 Å². The molecule has 0 spiro atoms. The van der Waals surface area contributed by atoms with Crippen LogP contribution in [0, 0.1) is 28.6 Å².